The Morgan fingerprint density at radius 1 is 1.06 bits per heavy atom. The lowest BCUT2D eigenvalue weighted by Crippen LogP contribution is -2.49. The van der Waals surface area contributed by atoms with Crippen molar-refractivity contribution in [1.29, 1.82) is 0 Å². The van der Waals surface area contributed by atoms with Gasteiger partial charge < -0.3 is 14.3 Å². The number of carbonyl (C=O) groups is 2. The number of aromatic nitrogens is 1. The van der Waals surface area contributed by atoms with Crippen LogP contribution in [0.3, 0.4) is 0 Å². The fraction of sp³-hybridized carbons (Fsp3) is 0.536. The summed E-state index contributed by atoms with van der Waals surface area (Å²) in [5, 5.41) is 3.97. The Hall–Kier alpha value is -2.93. The van der Waals surface area contributed by atoms with Gasteiger partial charge in [0.1, 0.15) is 5.76 Å². The van der Waals surface area contributed by atoms with Gasteiger partial charge in [-0.25, -0.2) is 0 Å². The molecule has 186 valence electrons. The smallest absolute Gasteiger partial charge is 0.276 e. The normalized spacial score (nSPS) is 22.1. The minimum absolute atomic E-state index is 0.0492. The molecule has 1 aliphatic carbocycles. The number of piperidine rings is 1. The van der Waals surface area contributed by atoms with Crippen LogP contribution in [0, 0.1) is 11.3 Å². The maximum Gasteiger partial charge on any atom is 0.276 e. The first-order valence-electron chi connectivity index (χ1n) is 13.1. The number of likely N-dealkylation sites (tertiary alicyclic amines) is 1. The fourth-order valence-corrected chi connectivity index (χ4v) is 5.62. The summed E-state index contributed by atoms with van der Waals surface area (Å²) in [6.45, 7) is 7.84. The fourth-order valence-electron chi connectivity index (χ4n) is 5.62. The van der Waals surface area contributed by atoms with Crippen LogP contribution >= 0.6 is 0 Å². The van der Waals surface area contributed by atoms with Gasteiger partial charge in [0.2, 0.25) is 5.91 Å². The predicted molar refractivity (Wildman–Crippen MR) is 135 cm³/mol. The average molecular weight is 477 g/mol. The minimum Gasteiger partial charge on any atom is -0.361 e. The van der Waals surface area contributed by atoms with Gasteiger partial charge in [-0.15, -0.1) is 0 Å². The highest BCUT2D eigenvalue weighted by Gasteiger charge is 2.59. The lowest BCUT2D eigenvalue weighted by molar-refractivity contribution is -0.135. The van der Waals surface area contributed by atoms with Crippen LogP contribution in [0.15, 0.2) is 47.0 Å². The van der Waals surface area contributed by atoms with Gasteiger partial charge in [-0.1, -0.05) is 54.6 Å². The molecule has 35 heavy (non-hydrogen) atoms. The van der Waals surface area contributed by atoms with Crippen LogP contribution in [0.25, 0.3) is 6.08 Å². The van der Waals surface area contributed by atoms with Crippen LogP contribution < -0.4 is 0 Å². The third kappa shape index (κ3) is 5.35. The van der Waals surface area contributed by atoms with E-state index in [0.717, 1.165) is 70.6 Å². The molecule has 2 aromatic rings. The quantitative estimate of drug-likeness (QED) is 0.609. The molecule has 3 fully saturated rings. The average Bonchev–Trinajstić information content (AvgIpc) is 3.37. The summed E-state index contributed by atoms with van der Waals surface area (Å²) in [5.41, 5.74) is 1.72. The van der Waals surface area contributed by atoms with Gasteiger partial charge in [-0.05, 0) is 36.7 Å². The van der Waals surface area contributed by atoms with E-state index in [2.05, 4.69) is 58.3 Å². The monoisotopic (exact) mass is 476 g/mol. The number of carbonyl (C=O) groups excluding carboxylic acids is 2. The number of amides is 2. The van der Waals surface area contributed by atoms with Gasteiger partial charge in [0.05, 0.1) is 0 Å². The SMILES string of the molecule is CCCc1cc(C(=O)N2CCC3(CC2)C[C@H]3C(=O)N2CCN(C/C=C/c3ccccc3)CC2)no1. The molecule has 2 saturated heterocycles. The highest BCUT2D eigenvalue weighted by Crippen LogP contribution is 2.60. The lowest BCUT2D eigenvalue weighted by atomic mass is 9.90. The topological polar surface area (TPSA) is 69.9 Å². The molecule has 7 heteroatoms. The molecule has 3 aliphatic rings. The third-order valence-corrected chi connectivity index (χ3v) is 7.97. The van der Waals surface area contributed by atoms with Crippen molar-refractivity contribution in [2.24, 2.45) is 11.3 Å². The first kappa shape index (κ1) is 23.8. The van der Waals surface area contributed by atoms with E-state index in [9.17, 15) is 9.59 Å². The Morgan fingerprint density at radius 3 is 2.51 bits per heavy atom. The van der Waals surface area contributed by atoms with E-state index in [-0.39, 0.29) is 17.2 Å². The van der Waals surface area contributed by atoms with Crippen molar-refractivity contribution in [1.82, 2.24) is 19.9 Å². The van der Waals surface area contributed by atoms with E-state index in [1.807, 2.05) is 11.0 Å². The molecule has 2 amide bonds. The van der Waals surface area contributed by atoms with Crippen LogP contribution in [0.2, 0.25) is 0 Å². The maximum atomic E-state index is 13.2. The van der Waals surface area contributed by atoms with E-state index in [4.69, 9.17) is 4.52 Å². The Balaban J connectivity index is 1.06. The molecule has 0 unspecified atom stereocenters. The van der Waals surface area contributed by atoms with Gasteiger partial charge in [0.15, 0.2) is 5.69 Å². The molecule has 2 aliphatic heterocycles. The summed E-state index contributed by atoms with van der Waals surface area (Å²) in [6, 6.07) is 12.1. The van der Waals surface area contributed by atoms with E-state index < -0.39 is 0 Å². The number of piperazine rings is 1. The molecule has 7 nitrogen and oxygen atoms in total. The number of hydrogen-bond donors (Lipinski definition) is 0. The summed E-state index contributed by atoms with van der Waals surface area (Å²) in [4.78, 5) is 32.4. The van der Waals surface area contributed by atoms with Gasteiger partial charge in [0, 0.05) is 64.2 Å². The van der Waals surface area contributed by atoms with Crippen LogP contribution in [0.1, 0.15) is 54.4 Å². The van der Waals surface area contributed by atoms with Crippen molar-refractivity contribution in [3.05, 3.63) is 59.5 Å². The molecule has 1 saturated carbocycles. The second-order valence-corrected chi connectivity index (χ2v) is 10.3. The van der Waals surface area contributed by atoms with Crippen molar-refractivity contribution >= 4 is 17.9 Å². The van der Waals surface area contributed by atoms with Crippen LogP contribution in [-0.4, -0.2) is 77.5 Å². The van der Waals surface area contributed by atoms with E-state index >= 15 is 0 Å². The molecule has 1 aromatic heterocycles. The van der Waals surface area contributed by atoms with Gasteiger partial charge in [0.25, 0.3) is 5.91 Å². The van der Waals surface area contributed by atoms with E-state index in [0.29, 0.717) is 24.7 Å². The molecular weight excluding hydrogens is 440 g/mol. The van der Waals surface area contributed by atoms with Gasteiger partial charge >= 0.3 is 0 Å². The highest BCUT2D eigenvalue weighted by atomic mass is 16.5. The minimum atomic E-state index is -0.0492. The summed E-state index contributed by atoms with van der Waals surface area (Å²) in [7, 11) is 0. The molecule has 0 N–H and O–H groups in total. The Morgan fingerprint density at radius 2 is 1.80 bits per heavy atom. The summed E-state index contributed by atoms with van der Waals surface area (Å²) in [6.07, 6.45) is 8.91. The zero-order chi connectivity index (χ0) is 24.3. The van der Waals surface area contributed by atoms with E-state index in [1.54, 1.807) is 6.07 Å². The number of benzene rings is 1. The largest absolute Gasteiger partial charge is 0.361 e. The standard InChI is InChI=1S/C28H36N4O3/c1-2-7-23-20-25(29-35-23)27(34)31-14-11-28(12-15-31)21-24(28)26(33)32-18-16-30(17-19-32)13-6-10-22-8-4-3-5-9-22/h3-6,8-10,20,24H,2,7,11-19,21H2,1H3/b10-6+/t24-/m0/s1. The van der Waals surface area contributed by atoms with Crippen LogP contribution in [0.5, 0.6) is 0 Å². The number of nitrogens with zero attached hydrogens (tertiary/aromatic N) is 4. The summed E-state index contributed by atoms with van der Waals surface area (Å²) in [5.74, 6) is 1.17. The van der Waals surface area contributed by atoms with E-state index in [1.165, 1.54) is 5.56 Å². The molecule has 0 bridgehead atoms. The molecule has 1 atom stereocenters. The molecule has 0 radical (unpaired) electrons. The molecule has 5 rings (SSSR count). The number of rotatable bonds is 7. The van der Waals surface area contributed by atoms with Crippen LogP contribution in [-0.2, 0) is 11.2 Å². The second kappa shape index (κ2) is 10.4. The highest BCUT2D eigenvalue weighted by molar-refractivity contribution is 5.92. The molecule has 1 spiro atoms. The summed E-state index contributed by atoms with van der Waals surface area (Å²) < 4.78 is 5.28. The summed E-state index contributed by atoms with van der Waals surface area (Å²) >= 11 is 0. The van der Waals surface area contributed by atoms with Crippen LogP contribution in [0.4, 0.5) is 0 Å². The van der Waals surface area contributed by atoms with Crippen molar-refractivity contribution in [3.63, 3.8) is 0 Å². The zero-order valence-electron chi connectivity index (χ0n) is 20.7. The van der Waals surface area contributed by atoms with Crippen molar-refractivity contribution in [2.75, 3.05) is 45.8 Å². The first-order chi connectivity index (χ1) is 17.1. The Bertz CT molecular complexity index is 1050. The molecular formula is C28H36N4O3. The molecule has 3 heterocycles. The van der Waals surface area contributed by atoms with Crippen molar-refractivity contribution < 1.29 is 14.1 Å². The molecule has 1 aromatic carbocycles. The lowest BCUT2D eigenvalue weighted by Gasteiger charge is -2.36. The first-order valence-corrected chi connectivity index (χ1v) is 13.1. The van der Waals surface area contributed by atoms with Gasteiger partial charge in [-0.2, -0.15) is 0 Å². The second-order valence-electron chi connectivity index (χ2n) is 10.3. The Labute approximate surface area is 207 Å². The van der Waals surface area contributed by atoms with Crippen molar-refractivity contribution in [2.45, 2.75) is 39.0 Å². The van der Waals surface area contributed by atoms with Crippen molar-refractivity contribution in [3.8, 4) is 0 Å². The number of hydrogen-bond acceptors (Lipinski definition) is 5. The predicted octanol–water partition coefficient (Wildman–Crippen LogP) is 3.73. The maximum absolute atomic E-state index is 13.2. The van der Waals surface area contributed by atoms with Gasteiger partial charge in [-0.3, -0.25) is 14.5 Å². The third-order valence-electron chi connectivity index (χ3n) is 7.97. The number of aryl methyl sites for hydroxylation is 1. The Kier molecular flexibility index (Phi) is 7.04. The zero-order valence-corrected chi connectivity index (χ0v) is 20.7.